The second-order valence-electron chi connectivity index (χ2n) is 3.96. The van der Waals surface area contributed by atoms with Gasteiger partial charge < -0.3 is 10.5 Å². The summed E-state index contributed by atoms with van der Waals surface area (Å²) in [4.78, 5) is 12.9. The van der Waals surface area contributed by atoms with E-state index >= 15 is 0 Å². The van der Waals surface area contributed by atoms with Gasteiger partial charge in [-0.25, -0.2) is 0 Å². The van der Waals surface area contributed by atoms with Crippen molar-refractivity contribution in [3.05, 3.63) is 52.0 Å². The second-order valence-corrected chi connectivity index (χ2v) is 5.93. The highest BCUT2D eigenvalue weighted by molar-refractivity contribution is 7.99. The van der Waals surface area contributed by atoms with Crippen molar-refractivity contribution in [2.24, 2.45) is 0 Å². The molecule has 0 aliphatic heterocycles. The number of amides is 1. The molecule has 0 aromatic carbocycles. The van der Waals surface area contributed by atoms with Gasteiger partial charge in [-0.15, -0.1) is 11.3 Å². The van der Waals surface area contributed by atoms with Crippen molar-refractivity contribution in [3.8, 4) is 0 Å². The van der Waals surface area contributed by atoms with Crippen molar-refractivity contribution in [3.63, 3.8) is 0 Å². The number of pyridine rings is 1. The Morgan fingerprint density at radius 2 is 2.32 bits per heavy atom. The predicted octanol–water partition coefficient (Wildman–Crippen LogP) is 2.35. The van der Waals surface area contributed by atoms with Crippen LogP contribution in [0.15, 0.2) is 46.9 Å². The van der Waals surface area contributed by atoms with Crippen LogP contribution < -0.4 is 10.0 Å². The summed E-state index contributed by atoms with van der Waals surface area (Å²) in [5.74, 6) is 0.164. The van der Waals surface area contributed by atoms with Crippen molar-refractivity contribution in [2.75, 3.05) is 5.75 Å². The lowest BCUT2D eigenvalue weighted by Gasteiger charge is -2.11. The van der Waals surface area contributed by atoms with Crippen molar-refractivity contribution in [2.45, 2.75) is 18.0 Å². The molecule has 0 radical (unpaired) electrons. The molecule has 0 aliphatic carbocycles. The molecule has 4 nitrogen and oxygen atoms in total. The maximum atomic E-state index is 11.8. The number of hydrogen-bond acceptors (Lipinski definition) is 4. The van der Waals surface area contributed by atoms with E-state index in [1.807, 2.05) is 24.4 Å². The van der Waals surface area contributed by atoms with E-state index in [9.17, 15) is 10.0 Å². The molecule has 2 aromatic heterocycles. The Bertz CT molecular complexity index is 543. The summed E-state index contributed by atoms with van der Waals surface area (Å²) in [5, 5.41) is 16.8. The molecule has 2 rings (SSSR count). The number of rotatable bonds is 5. The van der Waals surface area contributed by atoms with Gasteiger partial charge in [0, 0.05) is 17.0 Å². The van der Waals surface area contributed by atoms with Gasteiger partial charge in [-0.1, -0.05) is 6.07 Å². The molecule has 2 aromatic rings. The van der Waals surface area contributed by atoms with Crippen molar-refractivity contribution in [1.29, 1.82) is 0 Å². The van der Waals surface area contributed by atoms with Crippen LogP contribution in [0, 0.1) is 5.21 Å². The molecular weight excluding hydrogens is 280 g/mol. The van der Waals surface area contributed by atoms with Gasteiger partial charge in [-0.3, -0.25) is 4.79 Å². The molecule has 6 heteroatoms. The molecule has 1 unspecified atom stereocenters. The first-order chi connectivity index (χ1) is 9.16. The van der Waals surface area contributed by atoms with Gasteiger partial charge in [0.25, 0.3) is 5.03 Å². The minimum absolute atomic E-state index is 0.00301. The lowest BCUT2D eigenvalue weighted by molar-refractivity contribution is -0.645. The van der Waals surface area contributed by atoms with E-state index in [1.165, 1.54) is 18.0 Å². The Hall–Kier alpha value is -1.53. The predicted molar refractivity (Wildman–Crippen MR) is 77.0 cm³/mol. The van der Waals surface area contributed by atoms with Crippen molar-refractivity contribution < 1.29 is 9.52 Å². The molecule has 1 N–H and O–H groups in total. The Morgan fingerprint density at radius 1 is 1.47 bits per heavy atom. The highest BCUT2D eigenvalue weighted by Crippen LogP contribution is 2.18. The van der Waals surface area contributed by atoms with Crippen LogP contribution in [0.4, 0.5) is 0 Å². The van der Waals surface area contributed by atoms with Gasteiger partial charge >= 0.3 is 0 Å². The van der Waals surface area contributed by atoms with Gasteiger partial charge in [0.2, 0.25) is 5.91 Å². The van der Waals surface area contributed by atoms with Crippen molar-refractivity contribution >= 4 is 29.0 Å². The number of thioether (sulfide) groups is 1. The van der Waals surface area contributed by atoms with E-state index in [0.717, 1.165) is 9.61 Å². The minimum Gasteiger partial charge on any atom is -0.618 e. The first kappa shape index (κ1) is 13.9. The van der Waals surface area contributed by atoms with Crippen LogP contribution in [-0.2, 0) is 4.79 Å². The molecule has 0 fully saturated rings. The van der Waals surface area contributed by atoms with E-state index in [1.54, 1.807) is 29.5 Å². The summed E-state index contributed by atoms with van der Waals surface area (Å²) in [6.07, 6.45) is 1.43. The van der Waals surface area contributed by atoms with Gasteiger partial charge in [0.15, 0.2) is 6.20 Å². The fourth-order valence-electron chi connectivity index (χ4n) is 1.56. The average Bonchev–Trinajstić information content (AvgIpc) is 2.91. The van der Waals surface area contributed by atoms with Gasteiger partial charge in [0.1, 0.15) is 0 Å². The molecule has 0 aliphatic rings. The Kier molecular flexibility index (Phi) is 4.81. The van der Waals surface area contributed by atoms with Crippen LogP contribution in [0.25, 0.3) is 0 Å². The molecule has 1 amide bonds. The number of aromatic nitrogens is 1. The van der Waals surface area contributed by atoms with E-state index in [-0.39, 0.29) is 17.7 Å². The van der Waals surface area contributed by atoms with Crippen LogP contribution in [0.2, 0.25) is 0 Å². The van der Waals surface area contributed by atoms with E-state index in [2.05, 4.69) is 5.32 Å². The Morgan fingerprint density at radius 3 is 3.00 bits per heavy atom. The number of carbonyl (C=O) groups is 1. The summed E-state index contributed by atoms with van der Waals surface area (Å²) in [7, 11) is 0. The number of carbonyl (C=O) groups excluding carboxylic acids is 1. The molecule has 0 bridgehead atoms. The highest BCUT2D eigenvalue weighted by atomic mass is 32.2. The standard InChI is InChI=1S/C13H14N2O2S2/c1-10(11-5-4-8-18-11)14-12(16)9-19-13-6-2-3-7-15(13)17/h2-8,10H,9H2,1H3,(H,14,16). The van der Waals surface area contributed by atoms with Crippen molar-refractivity contribution in [1.82, 2.24) is 5.32 Å². The zero-order valence-electron chi connectivity index (χ0n) is 10.4. The first-order valence-electron chi connectivity index (χ1n) is 5.80. The Labute approximate surface area is 120 Å². The molecule has 1 atom stereocenters. The summed E-state index contributed by atoms with van der Waals surface area (Å²) in [6, 6.07) is 9.10. The summed E-state index contributed by atoms with van der Waals surface area (Å²) in [5.41, 5.74) is 0. The third-order valence-corrected chi connectivity index (χ3v) is 4.56. The lowest BCUT2D eigenvalue weighted by atomic mass is 10.3. The quantitative estimate of drug-likeness (QED) is 0.523. The van der Waals surface area contributed by atoms with Gasteiger partial charge in [0.05, 0.1) is 11.8 Å². The topological polar surface area (TPSA) is 56.0 Å². The number of hydrogen-bond donors (Lipinski definition) is 1. The average molecular weight is 294 g/mol. The number of nitrogens with zero attached hydrogens (tertiary/aromatic N) is 1. The minimum atomic E-state index is -0.0743. The molecule has 100 valence electrons. The third kappa shape index (κ3) is 3.97. The van der Waals surface area contributed by atoms with Gasteiger partial charge in [-0.05, 0) is 36.2 Å². The van der Waals surface area contributed by atoms with Crippen LogP contribution >= 0.6 is 23.1 Å². The molecule has 0 saturated heterocycles. The third-order valence-electron chi connectivity index (χ3n) is 2.49. The smallest absolute Gasteiger partial charge is 0.251 e. The van der Waals surface area contributed by atoms with Crippen LogP contribution in [0.1, 0.15) is 17.8 Å². The highest BCUT2D eigenvalue weighted by Gasteiger charge is 2.12. The number of thiophene rings is 1. The van der Waals surface area contributed by atoms with Crippen LogP contribution in [0.5, 0.6) is 0 Å². The SMILES string of the molecule is CC(NC(=O)CSc1cccc[n+]1[O-])c1cccs1. The largest absolute Gasteiger partial charge is 0.618 e. The second kappa shape index (κ2) is 6.58. The molecule has 0 saturated carbocycles. The Balaban J connectivity index is 1.84. The monoisotopic (exact) mass is 294 g/mol. The first-order valence-corrected chi connectivity index (χ1v) is 7.67. The van der Waals surface area contributed by atoms with Gasteiger partial charge in [-0.2, -0.15) is 4.73 Å². The zero-order chi connectivity index (χ0) is 13.7. The molecule has 19 heavy (non-hydrogen) atoms. The fourth-order valence-corrected chi connectivity index (χ4v) is 3.02. The lowest BCUT2D eigenvalue weighted by Crippen LogP contribution is -2.30. The maximum absolute atomic E-state index is 11.8. The molecule has 0 spiro atoms. The van der Waals surface area contributed by atoms with E-state index in [0.29, 0.717) is 5.03 Å². The van der Waals surface area contributed by atoms with E-state index in [4.69, 9.17) is 0 Å². The number of nitrogens with one attached hydrogen (secondary N) is 1. The maximum Gasteiger partial charge on any atom is 0.251 e. The summed E-state index contributed by atoms with van der Waals surface area (Å²) >= 11 is 2.85. The zero-order valence-corrected chi connectivity index (χ0v) is 12.0. The fraction of sp³-hybridized carbons (Fsp3) is 0.231. The normalized spacial score (nSPS) is 12.1. The summed E-state index contributed by atoms with van der Waals surface area (Å²) in [6.45, 7) is 1.95. The molecular formula is C13H14N2O2S2. The van der Waals surface area contributed by atoms with Crippen LogP contribution in [-0.4, -0.2) is 11.7 Å². The summed E-state index contributed by atoms with van der Waals surface area (Å²) < 4.78 is 0.765. The molecule has 2 heterocycles. The van der Waals surface area contributed by atoms with Crippen LogP contribution in [0.3, 0.4) is 0 Å². The van der Waals surface area contributed by atoms with E-state index < -0.39 is 0 Å².